The molecule has 1 aliphatic rings. The molecule has 134 valence electrons. The fourth-order valence-electron chi connectivity index (χ4n) is 2.56. The van der Waals surface area contributed by atoms with E-state index in [1.165, 1.54) is 0 Å². The normalized spacial score (nSPS) is 17.2. The molecule has 26 heavy (non-hydrogen) atoms. The first kappa shape index (κ1) is 18.7. The van der Waals surface area contributed by atoms with Crippen molar-refractivity contribution in [3.8, 4) is 11.3 Å². The molecule has 2 heterocycles. The second-order valence-electron chi connectivity index (χ2n) is 5.51. The molecule has 1 aliphatic heterocycles. The highest BCUT2D eigenvalue weighted by Gasteiger charge is 2.37. The van der Waals surface area contributed by atoms with Crippen molar-refractivity contribution in [3.63, 3.8) is 0 Å². The van der Waals surface area contributed by atoms with E-state index in [-0.39, 0.29) is 10.7 Å². The molecule has 3 rings (SSSR count). The zero-order valence-electron chi connectivity index (χ0n) is 13.6. The maximum atomic E-state index is 12.5. The molecule has 1 atom stereocenters. The van der Waals surface area contributed by atoms with Gasteiger partial charge in [0.05, 0.1) is 16.9 Å². The second kappa shape index (κ2) is 7.65. The third kappa shape index (κ3) is 3.70. The van der Waals surface area contributed by atoms with Crippen LogP contribution in [0.15, 0.2) is 45.7 Å². The molecule has 0 saturated carbocycles. The molecule has 0 spiro atoms. The average molecular weight is 407 g/mol. The maximum absolute atomic E-state index is 12.5. The van der Waals surface area contributed by atoms with Crippen LogP contribution in [-0.2, 0) is 9.59 Å². The van der Waals surface area contributed by atoms with Crippen LogP contribution in [-0.4, -0.2) is 27.1 Å². The Balaban J connectivity index is 1.86. The molecule has 1 unspecified atom stereocenters. The van der Waals surface area contributed by atoms with Crippen LogP contribution in [0.3, 0.4) is 0 Å². The fourth-order valence-corrected chi connectivity index (χ4v) is 4.09. The van der Waals surface area contributed by atoms with Crippen LogP contribution < -0.4 is 5.11 Å². The minimum atomic E-state index is -1.33. The summed E-state index contributed by atoms with van der Waals surface area (Å²) in [5, 5.41) is 11.8. The van der Waals surface area contributed by atoms with Crippen molar-refractivity contribution in [2.24, 2.45) is 0 Å². The highest BCUT2D eigenvalue weighted by molar-refractivity contribution is 8.26. The Bertz CT molecular complexity index is 921. The van der Waals surface area contributed by atoms with Crippen molar-refractivity contribution in [1.29, 1.82) is 0 Å². The molecule has 8 heteroatoms. The van der Waals surface area contributed by atoms with E-state index in [2.05, 4.69) is 0 Å². The molecule has 1 amide bonds. The number of furan rings is 1. The molecule has 1 aromatic heterocycles. The first-order valence-electron chi connectivity index (χ1n) is 7.74. The quantitative estimate of drug-likeness (QED) is 0.560. The summed E-state index contributed by atoms with van der Waals surface area (Å²) >= 11 is 12.2. The van der Waals surface area contributed by atoms with Gasteiger partial charge in [-0.05, 0) is 30.7 Å². The lowest BCUT2D eigenvalue weighted by molar-refractivity contribution is -0.310. The Morgan fingerprint density at radius 3 is 2.85 bits per heavy atom. The number of rotatable bonds is 5. The molecule has 1 fully saturated rings. The van der Waals surface area contributed by atoms with Gasteiger partial charge in [0.1, 0.15) is 15.8 Å². The summed E-state index contributed by atoms with van der Waals surface area (Å²) in [4.78, 5) is 25.2. The number of nitrogens with zero attached hydrogens (tertiary/aromatic N) is 1. The van der Waals surface area contributed by atoms with Crippen molar-refractivity contribution in [3.05, 3.63) is 52.1 Å². The molecule has 1 aromatic carbocycles. The Kier molecular flexibility index (Phi) is 5.50. The van der Waals surface area contributed by atoms with Crippen LogP contribution >= 0.6 is 35.6 Å². The summed E-state index contributed by atoms with van der Waals surface area (Å²) < 4.78 is 5.94. The Morgan fingerprint density at radius 1 is 1.42 bits per heavy atom. The lowest BCUT2D eigenvalue weighted by atomic mass is 10.2. The van der Waals surface area contributed by atoms with Crippen LogP contribution in [0.2, 0.25) is 5.02 Å². The minimum absolute atomic E-state index is 0.193. The Hall–Kier alpha value is -2.09. The van der Waals surface area contributed by atoms with Gasteiger partial charge in [-0.2, -0.15) is 0 Å². The second-order valence-corrected chi connectivity index (χ2v) is 7.62. The number of thiocarbonyl (C=S) groups is 1. The van der Waals surface area contributed by atoms with Gasteiger partial charge >= 0.3 is 0 Å². The molecule has 0 bridgehead atoms. The van der Waals surface area contributed by atoms with Gasteiger partial charge in [0.25, 0.3) is 5.91 Å². The topological polar surface area (TPSA) is 73.6 Å². The maximum Gasteiger partial charge on any atom is 0.266 e. The van der Waals surface area contributed by atoms with E-state index in [9.17, 15) is 14.7 Å². The summed E-state index contributed by atoms with van der Waals surface area (Å²) in [5.74, 6) is -0.722. The zero-order chi connectivity index (χ0) is 18.8. The van der Waals surface area contributed by atoms with Gasteiger partial charge in [-0.25, -0.2) is 0 Å². The fraction of sp³-hybridized carbons (Fsp3) is 0.167. The average Bonchev–Trinajstić information content (AvgIpc) is 3.16. The monoisotopic (exact) mass is 406 g/mol. The standard InChI is InChI=1S/C18H14ClNO4S2/c1-2-13(17(22)23)20-16(21)15(26-18(20)25)9-12-6-7-14(24-12)10-4-3-5-11(19)8-10/h3-9,13H,2H2,1H3,(H,22,23)/p-1. The van der Waals surface area contributed by atoms with Crippen LogP contribution in [0.4, 0.5) is 0 Å². The number of halogens is 1. The van der Waals surface area contributed by atoms with E-state index in [1.807, 2.05) is 12.1 Å². The summed E-state index contributed by atoms with van der Waals surface area (Å²) in [5.41, 5.74) is 0.813. The Labute approximate surface area is 164 Å². The van der Waals surface area contributed by atoms with Crippen molar-refractivity contribution in [1.82, 2.24) is 4.90 Å². The van der Waals surface area contributed by atoms with E-state index in [0.717, 1.165) is 22.2 Å². The number of thioether (sulfide) groups is 1. The number of carbonyl (C=O) groups excluding carboxylic acids is 2. The van der Waals surface area contributed by atoms with Gasteiger partial charge in [0.15, 0.2) is 0 Å². The van der Waals surface area contributed by atoms with Gasteiger partial charge in [-0.3, -0.25) is 9.69 Å². The lowest BCUT2D eigenvalue weighted by Crippen LogP contribution is -2.49. The molecule has 1 saturated heterocycles. The zero-order valence-corrected chi connectivity index (χ0v) is 16.0. The SMILES string of the molecule is CCC(C(=O)[O-])N1C(=O)C(=Cc2ccc(-c3cccc(Cl)c3)o2)SC1=S. The van der Waals surface area contributed by atoms with E-state index >= 15 is 0 Å². The summed E-state index contributed by atoms with van der Waals surface area (Å²) in [7, 11) is 0. The number of benzene rings is 1. The summed E-state index contributed by atoms with van der Waals surface area (Å²) in [6, 6.07) is 9.63. The molecule has 0 N–H and O–H groups in total. The van der Waals surface area contributed by atoms with Crippen molar-refractivity contribution >= 4 is 57.9 Å². The number of carbonyl (C=O) groups is 2. The summed E-state index contributed by atoms with van der Waals surface area (Å²) in [6.07, 6.45) is 1.76. The predicted molar refractivity (Wildman–Crippen MR) is 103 cm³/mol. The van der Waals surface area contributed by atoms with Crippen LogP contribution in [0.25, 0.3) is 17.4 Å². The molecular formula is C18H13ClNO4S2-. The predicted octanol–water partition coefficient (Wildman–Crippen LogP) is 3.33. The minimum Gasteiger partial charge on any atom is -0.548 e. The van der Waals surface area contributed by atoms with Gasteiger partial charge < -0.3 is 14.3 Å². The highest BCUT2D eigenvalue weighted by atomic mass is 35.5. The number of hydrogen-bond donors (Lipinski definition) is 0. The van der Waals surface area contributed by atoms with E-state index in [0.29, 0.717) is 21.4 Å². The van der Waals surface area contributed by atoms with Crippen molar-refractivity contribution < 1.29 is 19.1 Å². The van der Waals surface area contributed by atoms with Gasteiger partial charge in [0.2, 0.25) is 0 Å². The third-order valence-electron chi connectivity index (χ3n) is 3.80. The number of hydrogen-bond acceptors (Lipinski definition) is 6. The van der Waals surface area contributed by atoms with Gasteiger partial charge in [-0.15, -0.1) is 0 Å². The molecule has 0 aliphatic carbocycles. The number of amides is 1. The highest BCUT2D eigenvalue weighted by Crippen LogP contribution is 2.35. The van der Waals surface area contributed by atoms with Gasteiger partial charge in [-0.1, -0.05) is 54.6 Å². The first-order chi connectivity index (χ1) is 12.4. The molecular weight excluding hydrogens is 394 g/mol. The molecule has 2 aromatic rings. The number of carboxylic acids is 1. The van der Waals surface area contributed by atoms with E-state index < -0.39 is 17.9 Å². The van der Waals surface area contributed by atoms with Gasteiger partial charge in [0, 0.05) is 16.7 Å². The van der Waals surface area contributed by atoms with Crippen LogP contribution in [0.5, 0.6) is 0 Å². The number of aliphatic carboxylic acids is 1. The first-order valence-corrected chi connectivity index (χ1v) is 9.34. The van der Waals surface area contributed by atoms with Crippen LogP contribution in [0.1, 0.15) is 19.1 Å². The van der Waals surface area contributed by atoms with Crippen molar-refractivity contribution in [2.45, 2.75) is 19.4 Å². The third-order valence-corrected chi connectivity index (χ3v) is 5.37. The largest absolute Gasteiger partial charge is 0.548 e. The van der Waals surface area contributed by atoms with Crippen molar-refractivity contribution in [2.75, 3.05) is 0 Å². The van der Waals surface area contributed by atoms with E-state index in [4.69, 9.17) is 28.2 Å². The number of carboxylic acid groups (broad SMARTS) is 1. The van der Waals surface area contributed by atoms with Crippen LogP contribution in [0, 0.1) is 0 Å². The molecule has 5 nitrogen and oxygen atoms in total. The smallest absolute Gasteiger partial charge is 0.266 e. The lowest BCUT2D eigenvalue weighted by Gasteiger charge is -2.26. The Morgan fingerprint density at radius 2 is 2.19 bits per heavy atom. The molecule has 0 radical (unpaired) electrons. The summed E-state index contributed by atoms with van der Waals surface area (Å²) in [6.45, 7) is 1.66. The van der Waals surface area contributed by atoms with E-state index in [1.54, 1.807) is 37.3 Å².